The van der Waals surface area contributed by atoms with Gasteiger partial charge in [-0.2, -0.15) is 9.36 Å². The lowest BCUT2D eigenvalue weighted by Crippen LogP contribution is -2.71. The molecule has 3 aromatic rings. The van der Waals surface area contributed by atoms with E-state index >= 15 is 0 Å². The lowest BCUT2D eigenvalue weighted by molar-refractivity contribution is -0.664. The number of thioether (sulfide) groups is 1. The molecular weight excluding hydrogens is 642 g/mol. The van der Waals surface area contributed by atoms with E-state index in [-0.39, 0.29) is 35.0 Å². The minimum Gasteiger partial charge on any atom is -0.478 e. The number of imidazole rings is 1. The molecule has 1 fully saturated rings. The van der Waals surface area contributed by atoms with E-state index in [2.05, 4.69) is 24.8 Å². The molecule has 5 heterocycles. The number of nitrogens with two attached hydrogens (primary N) is 3. The van der Waals surface area contributed by atoms with E-state index in [1.165, 1.54) is 25.6 Å². The van der Waals surface area contributed by atoms with Crippen molar-refractivity contribution < 1.29 is 38.8 Å². The number of anilines is 2. The predicted molar refractivity (Wildman–Crippen MR) is 166 cm³/mol. The second kappa shape index (κ2) is 12.5. The Bertz CT molecular complexity index is 1800. The number of pyridine rings is 1. The molecule has 0 bridgehead atoms. The first kappa shape index (κ1) is 32.6. The largest absolute Gasteiger partial charge is 0.478 e. The molecule has 244 valence electrons. The molecule has 20 heteroatoms. The van der Waals surface area contributed by atoms with Crippen LogP contribution in [0.5, 0.6) is 0 Å². The van der Waals surface area contributed by atoms with Gasteiger partial charge in [-0.15, -0.1) is 11.8 Å². The van der Waals surface area contributed by atoms with Gasteiger partial charge in [0.05, 0.1) is 6.20 Å². The van der Waals surface area contributed by atoms with Crippen LogP contribution in [0.2, 0.25) is 0 Å². The molecule has 0 aliphatic carbocycles. The maximum absolute atomic E-state index is 13.4. The highest BCUT2D eigenvalue weighted by molar-refractivity contribution is 8.00. The number of carbonyl (C=O) groups excluding carboxylic acids is 2. The van der Waals surface area contributed by atoms with Gasteiger partial charge in [0.15, 0.2) is 5.13 Å². The first-order valence-corrected chi connectivity index (χ1v) is 15.7. The second-order valence-corrected chi connectivity index (χ2v) is 13.0. The van der Waals surface area contributed by atoms with Gasteiger partial charge in [0.2, 0.25) is 17.1 Å². The molecule has 3 aromatic heterocycles. The van der Waals surface area contributed by atoms with E-state index in [4.69, 9.17) is 22.0 Å². The van der Waals surface area contributed by atoms with Crippen LogP contribution < -0.4 is 27.1 Å². The van der Waals surface area contributed by atoms with Gasteiger partial charge in [-0.05, 0) is 44.3 Å². The summed E-state index contributed by atoms with van der Waals surface area (Å²) in [5, 5.41) is 25.0. The Morgan fingerprint density at radius 2 is 2.02 bits per heavy atom. The first-order chi connectivity index (χ1) is 21.7. The number of nitrogens with one attached hydrogen (secondary N) is 1. The van der Waals surface area contributed by atoms with Crippen LogP contribution >= 0.6 is 23.3 Å². The summed E-state index contributed by atoms with van der Waals surface area (Å²) in [6.45, 7) is 5.02. The molecule has 2 aliphatic rings. The highest BCUT2D eigenvalue weighted by Gasteiger charge is 2.54. The quantitative estimate of drug-likeness (QED) is 0.0588. The van der Waals surface area contributed by atoms with Crippen LogP contribution in [-0.2, 0) is 37.1 Å². The molecule has 5 rings (SSSR count). The molecule has 18 nitrogen and oxygen atoms in total. The van der Waals surface area contributed by atoms with E-state index in [9.17, 15) is 29.4 Å². The van der Waals surface area contributed by atoms with Crippen LogP contribution in [0, 0.1) is 0 Å². The van der Waals surface area contributed by atoms with Gasteiger partial charge < -0.3 is 37.6 Å². The van der Waals surface area contributed by atoms with Crippen LogP contribution in [0.3, 0.4) is 0 Å². The molecule has 1 saturated heterocycles. The molecule has 3 atom stereocenters. The Balaban J connectivity index is 1.38. The molecule has 9 N–H and O–H groups in total. The number of amides is 2. The molecule has 0 radical (unpaired) electrons. The lowest BCUT2D eigenvalue weighted by atomic mass is 10.0. The average molecular weight is 675 g/mol. The summed E-state index contributed by atoms with van der Waals surface area (Å²) in [6.07, 6.45) is 2.43. The summed E-state index contributed by atoms with van der Waals surface area (Å²) in [5.74, 6) is -3.96. The SMILES string of the molecule is C[C@H](N)CCn1c(N)nc2c1ccc[n+]2CC1=C(C(=O)O)N2C(=O)C(NC(=O)/C(=N\OC(C)(C)C(=O)O)c3nsc(N)n3)C2SC1. The Kier molecular flexibility index (Phi) is 8.87. The van der Waals surface area contributed by atoms with Crippen molar-refractivity contribution in [1.82, 2.24) is 29.1 Å². The van der Waals surface area contributed by atoms with Gasteiger partial charge in [0.1, 0.15) is 29.2 Å². The van der Waals surface area contributed by atoms with Crippen LogP contribution in [0.1, 0.15) is 33.0 Å². The first-order valence-electron chi connectivity index (χ1n) is 13.9. The molecule has 46 heavy (non-hydrogen) atoms. The van der Waals surface area contributed by atoms with Crippen molar-refractivity contribution in [3.05, 3.63) is 35.4 Å². The minimum absolute atomic E-state index is 0.0127. The third-order valence-electron chi connectivity index (χ3n) is 7.26. The van der Waals surface area contributed by atoms with Crippen molar-refractivity contribution in [1.29, 1.82) is 0 Å². The average Bonchev–Trinajstić information content (AvgIpc) is 3.56. The Morgan fingerprint density at radius 1 is 1.28 bits per heavy atom. The zero-order chi connectivity index (χ0) is 33.5. The summed E-state index contributed by atoms with van der Waals surface area (Å²) in [6, 6.07) is 2.50. The number of hydrogen-bond donors (Lipinski definition) is 6. The van der Waals surface area contributed by atoms with E-state index in [1.54, 1.807) is 16.8 Å². The smallest absolute Gasteiger partial charge is 0.352 e. The fraction of sp³-hybridized carbons (Fsp3) is 0.423. The highest BCUT2D eigenvalue weighted by Crippen LogP contribution is 2.40. The number of fused-ring (bicyclic) bond motifs is 2. The number of rotatable bonds is 12. The van der Waals surface area contributed by atoms with E-state index in [1.807, 2.05) is 17.6 Å². The topological polar surface area (TPSA) is 271 Å². The number of carboxylic acids is 2. The van der Waals surface area contributed by atoms with Crippen molar-refractivity contribution in [2.24, 2.45) is 10.9 Å². The highest BCUT2D eigenvalue weighted by atomic mass is 32.2. The number of hydrogen-bond acceptors (Lipinski definition) is 14. The van der Waals surface area contributed by atoms with E-state index in [0.717, 1.165) is 21.9 Å². The van der Waals surface area contributed by atoms with E-state index < -0.39 is 46.5 Å². The molecule has 0 saturated carbocycles. The number of carboxylic acid groups (broad SMARTS) is 2. The molecule has 0 spiro atoms. The maximum atomic E-state index is 13.4. The standard InChI is InChI=1S/C26H31N11O7S2/c1-11(27)6-8-36-13-5-4-7-35(18(13)32-24(36)28)9-12-10-45-21-15(20(39)37(21)16(12)22(40)41)30-19(38)14(17-31-25(29)46-34-17)33-44-26(2,3)23(42)43/h4-5,7,11,15,21,28H,6,8-10,27H2,1-3H3,(H5,29,30,31,34,38,40,41,42,43)/p+1/b33-14-/t11-,15?,21?/m0/s1. The van der Waals surface area contributed by atoms with Crippen molar-refractivity contribution in [2.75, 3.05) is 17.2 Å². The Labute approximate surface area is 269 Å². The Hall–Kier alpha value is -4.82. The van der Waals surface area contributed by atoms with Crippen molar-refractivity contribution in [3.8, 4) is 0 Å². The number of aliphatic carboxylic acids is 2. The number of β-lactam (4-membered cyclic amide) rings is 1. The van der Waals surface area contributed by atoms with Crippen LogP contribution in [0.4, 0.5) is 11.1 Å². The Morgan fingerprint density at radius 3 is 2.65 bits per heavy atom. The van der Waals surface area contributed by atoms with Crippen molar-refractivity contribution in [2.45, 2.75) is 63.3 Å². The van der Waals surface area contributed by atoms with Gasteiger partial charge in [0, 0.05) is 35.4 Å². The van der Waals surface area contributed by atoms with Crippen LogP contribution in [0.25, 0.3) is 11.2 Å². The zero-order valence-electron chi connectivity index (χ0n) is 24.9. The summed E-state index contributed by atoms with van der Waals surface area (Å²) in [7, 11) is 0. The number of aromatic nitrogens is 5. The summed E-state index contributed by atoms with van der Waals surface area (Å²) >= 11 is 2.04. The molecule has 2 amide bonds. The molecule has 2 aliphatic heterocycles. The molecule has 2 unspecified atom stereocenters. The normalized spacial score (nSPS) is 19.1. The zero-order valence-corrected chi connectivity index (χ0v) is 26.5. The number of nitrogen functional groups attached to an aromatic ring is 2. The lowest BCUT2D eigenvalue weighted by Gasteiger charge is -2.49. The summed E-state index contributed by atoms with van der Waals surface area (Å²) in [5.41, 5.74) is 17.0. The summed E-state index contributed by atoms with van der Waals surface area (Å²) in [4.78, 5) is 65.3. The second-order valence-electron chi connectivity index (χ2n) is 11.2. The number of aryl methyl sites for hydroxylation is 1. The van der Waals surface area contributed by atoms with Gasteiger partial charge in [-0.3, -0.25) is 19.1 Å². The number of carbonyl (C=O) groups is 4. The van der Waals surface area contributed by atoms with Crippen molar-refractivity contribution >= 4 is 75.0 Å². The predicted octanol–water partition coefficient (Wildman–Crippen LogP) is -0.900. The maximum Gasteiger partial charge on any atom is 0.352 e. The third-order valence-corrected chi connectivity index (χ3v) is 9.15. The number of oxime groups is 1. The monoisotopic (exact) mass is 674 g/mol. The van der Waals surface area contributed by atoms with Crippen molar-refractivity contribution in [3.63, 3.8) is 0 Å². The van der Waals surface area contributed by atoms with E-state index in [0.29, 0.717) is 30.1 Å². The fourth-order valence-corrected chi connectivity index (χ4v) is 6.55. The van der Waals surface area contributed by atoms with Gasteiger partial charge in [-0.25, -0.2) is 14.2 Å². The fourth-order valence-electron chi connectivity index (χ4n) is 4.78. The molecule has 0 aromatic carbocycles. The van der Waals surface area contributed by atoms with Gasteiger partial charge in [0.25, 0.3) is 11.8 Å². The molecular formula is C26H32N11O7S2+. The van der Waals surface area contributed by atoms with Crippen LogP contribution in [-0.4, -0.2) is 92.3 Å². The van der Waals surface area contributed by atoms with Gasteiger partial charge >= 0.3 is 23.5 Å². The number of nitrogens with zero attached hydrogens (tertiary/aromatic N) is 7. The van der Waals surface area contributed by atoms with Gasteiger partial charge in [-0.1, -0.05) is 5.16 Å². The minimum atomic E-state index is -1.80. The van der Waals surface area contributed by atoms with Crippen LogP contribution in [0.15, 0.2) is 34.8 Å². The summed E-state index contributed by atoms with van der Waals surface area (Å²) < 4.78 is 7.56. The third kappa shape index (κ3) is 6.17.